The van der Waals surface area contributed by atoms with E-state index < -0.39 is 0 Å². The van der Waals surface area contributed by atoms with Gasteiger partial charge in [-0.15, -0.1) is 11.3 Å². The van der Waals surface area contributed by atoms with Crippen molar-refractivity contribution in [1.82, 2.24) is 10.2 Å². The first-order valence-corrected chi connectivity index (χ1v) is 8.84. The van der Waals surface area contributed by atoms with E-state index in [9.17, 15) is 0 Å². The third-order valence-corrected chi connectivity index (χ3v) is 4.84. The smallest absolute Gasteiger partial charge is 0.0931 e. The molecule has 3 nitrogen and oxygen atoms in total. The largest absolute Gasteiger partial charge is 0.372 e. The predicted octanol–water partition coefficient (Wildman–Crippen LogP) is 3.77. The highest BCUT2D eigenvalue weighted by Crippen LogP contribution is 2.24. The lowest BCUT2D eigenvalue weighted by atomic mass is 10.1. The number of nitrogens with one attached hydrogen (secondary N) is 1. The van der Waals surface area contributed by atoms with Gasteiger partial charge in [0.15, 0.2) is 0 Å². The van der Waals surface area contributed by atoms with Crippen LogP contribution in [0.3, 0.4) is 0 Å². The van der Waals surface area contributed by atoms with Gasteiger partial charge in [0.25, 0.3) is 0 Å². The van der Waals surface area contributed by atoms with Crippen LogP contribution in [0.2, 0.25) is 4.34 Å². The molecule has 0 amide bonds. The quantitative estimate of drug-likeness (QED) is 0.859. The molecule has 0 aromatic carbocycles. The van der Waals surface area contributed by atoms with Gasteiger partial charge < -0.3 is 10.1 Å². The Hall–Kier alpha value is -0.130. The van der Waals surface area contributed by atoms with Crippen LogP contribution in [0, 0.1) is 0 Å². The Kier molecular flexibility index (Phi) is 6.09. The fourth-order valence-corrected chi connectivity index (χ4v) is 3.77. The van der Waals surface area contributed by atoms with E-state index in [0.717, 1.165) is 36.8 Å². The van der Waals surface area contributed by atoms with E-state index in [1.807, 2.05) is 6.07 Å². The fourth-order valence-electron chi connectivity index (χ4n) is 2.60. The number of hydrogen-bond donors (Lipinski definition) is 1. The van der Waals surface area contributed by atoms with E-state index in [0.29, 0.717) is 12.2 Å². The standard InChI is InChI=1S/C16H27ClN2OS/c1-16(2,3)18-9-12-5-6-13(20-12)10-19(4)11-14-7-8-15(17)21-14/h7-8,12-13,18H,5-6,9-11H2,1-4H3. The summed E-state index contributed by atoms with van der Waals surface area (Å²) in [5, 5.41) is 3.53. The molecule has 2 heterocycles. The number of ether oxygens (including phenoxy) is 1. The predicted molar refractivity (Wildman–Crippen MR) is 91.3 cm³/mol. The van der Waals surface area contributed by atoms with Crippen LogP contribution >= 0.6 is 22.9 Å². The molecule has 1 N–H and O–H groups in total. The van der Waals surface area contributed by atoms with Crippen molar-refractivity contribution in [2.75, 3.05) is 20.1 Å². The Morgan fingerprint density at radius 2 is 2.05 bits per heavy atom. The molecule has 0 saturated carbocycles. The van der Waals surface area contributed by atoms with Gasteiger partial charge in [-0.1, -0.05) is 11.6 Å². The summed E-state index contributed by atoms with van der Waals surface area (Å²) in [5.41, 5.74) is 0.163. The lowest BCUT2D eigenvalue weighted by molar-refractivity contribution is 0.0242. The van der Waals surface area contributed by atoms with Crippen molar-refractivity contribution in [1.29, 1.82) is 0 Å². The molecule has 1 aliphatic rings. The molecule has 0 spiro atoms. The van der Waals surface area contributed by atoms with Crippen molar-refractivity contribution in [3.05, 3.63) is 21.3 Å². The lowest BCUT2D eigenvalue weighted by Gasteiger charge is -2.24. The van der Waals surface area contributed by atoms with Gasteiger partial charge in [-0.05, 0) is 52.8 Å². The van der Waals surface area contributed by atoms with Gasteiger partial charge in [-0.3, -0.25) is 4.90 Å². The van der Waals surface area contributed by atoms with Crippen LogP contribution in [0.5, 0.6) is 0 Å². The number of thiophene rings is 1. The van der Waals surface area contributed by atoms with Crippen molar-refractivity contribution in [2.45, 2.75) is 57.9 Å². The third-order valence-electron chi connectivity index (χ3n) is 3.63. The van der Waals surface area contributed by atoms with E-state index in [2.05, 4.69) is 44.1 Å². The second kappa shape index (κ2) is 7.42. The summed E-state index contributed by atoms with van der Waals surface area (Å²) in [4.78, 5) is 3.64. The highest BCUT2D eigenvalue weighted by atomic mass is 35.5. The minimum absolute atomic E-state index is 0.163. The zero-order valence-electron chi connectivity index (χ0n) is 13.5. The molecule has 0 bridgehead atoms. The minimum atomic E-state index is 0.163. The van der Waals surface area contributed by atoms with Crippen molar-refractivity contribution >= 4 is 22.9 Å². The maximum Gasteiger partial charge on any atom is 0.0931 e. The molecule has 1 aliphatic heterocycles. The molecule has 2 rings (SSSR count). The fraction of sp³-hybridized carbons (Fsp3) is 0.750. The topological polar surface area (TPSA) is 24.5 Å². The molecule has 120 valence electrons. The Bertz CT molecular complexity index is 444. The lowest BCUT2D eigenvalue weighted by Crippen LogP contribution is -2.41. The van der Waals surface area contributed by atoms with Gasteiger partial charge in [-0.25, -0.2) is 0 Å². The highest BCUT2D eigenvalue weighted by molar-refractivity contribution is 7.16. The molecular weight excluding hydrogens is 304 g/mol. The van der Waals surface area contributed by atoms with E-state index in [4.69, 9.17) is 16.3 Å². The summed E-state index contributed by atoms with van der Waals surface area (Å²) in [6.45, 7) is 9.46. The van der Waals surface area contributed by atoms with E-state index in [1.54, 1.807) is 11.3 Å². The zero-order valence-corrected chi connectivity index (χ0v) is 15.1. The van der Waals surface area contributed by atoms with Crippen LogP contribution in [0.4, 0.5) is 0 Å². The molecular formula is C16H27ClN2OS. The van der Waals surface area contributed by atoms with Crippen molar-refractivity contribution < 1.29 is 4.74 Å². The molecule has 2 atom stereocenters. The summed E-state index contributed by atoms with van der Waals surface area (Å²) < 4.78 is 7.01. The molecule has 0 radical (unpaired) electrons. The summed E-state index contributed by atoms with van der Waals surface area (Å²) in [6, 6.07) is 4.07. The molecule has 1 aromatic rings. The van der Waals surface area contributed by atoms with Gasteiger partial charge in [0.2, 0.25) is 0 Å². The van der Waals surface area contributed by atoms with Gasteiger partial charge in [0, 0.05) is 30.1 Å². The molecule has 21 heavy (non-hydrogen) atoms. The summed E-state index contributed by atoms with van der Waals surface area (Å²) in [7, 11) is 2.15. The maximum absolute atomic E-state index is 6.14. The van der Waals surface area contributed by atoms with Gasteiger partial charge >= 0.3 is 0 Å². The number of rotatable bonds is 6. The normalized spacial score (nSPS) is 23.1. The van der Waals surface area contributed by atoms with Crippen LogP contribution in [-0.2, 0) is 11.3 Å². The molecule has 2 unspecified atom stereocenters. The van der Waals surface area contributed by atoms with Gasteiger partial charge in [-0.2, -0.15) is 0 Å². The number of nitrogens with zero attached hydrogens (tertiary/aromatic N) is 1. The molecule has 1 aromatic heterocycles. The monoisotopic (exact) mass is 330 g/mol. The van der Waals surface area contributed by atoms with Crippen LogP contribution in [0.15, 0.2) is 12.1 Å². The van der Waals surface area contributed by atoms with Crippen molar-refractivity contribution in [3.63, 3.8) is 0 Å². The van der Waals surface area contributed by atoms with Crippen LogP contribution < -0.4 is 5.32 Å². The SMILES string of the molecule is CN(Cc1ccc(Cl)s1)CC1CCC(CNC(C)(C)C)O1. The van der Waals surface area contributed by atoms with E-state index in [1.165, 1.54) is 4.88 Å². The molecule has 1 fully saturated rings. The Morgan fingerprint density at radius 1 is 1.33 bits per heavy atom. The molecule has 0 aliphatic carbocycles. The van der Waals surface area contributed by atoms with Crippen LogP contribution in [-0.4, -0.2) is 42.8 Å². The van der Waals surface area contributed by atoms with Gasteiger partial charge in [0.1, 0.15) is 0 Å². The van der Waals surface area contributed by atoms with Gasteiger partial charge in [0.05, 0.1) is 16.5 Å². The first-order valence-electron chi connectivity index (χ1n) is 7.65. The summed E-state index contributed by atoms with van der Waals surface area (Å²) >= 11 is 7.63. The second-order valence-corrected chi connectivity index (χ2v) is 8.79. The molecule has 1 saturated heterocycles. The number of likely N-dealkylation sites (N-methyl/N-ethyl adjacent to an activating group) is 1. The Balaban J connectivity index is 1.69. The van der Waals surface area contributed by atoms with Crippen LogP contribution in [0.1, 0.15) is 38.5 Å². The number of hydrogen-bond acceptors (Lipinski definition) is 4. The third kappa shape index (κ3) is 6.25. The first kappa shape index (κ1) is 17.2. The zero-order chi connectivity index (χ0) is 15.5. The average Bonchev–Trinajstić information content (AvgIpc) is 2.95. The van der Waals surface area contributed by atoms with Crippen molar-refractivity contribution in [3.8, 4) is 0 Å². The van der Waals surface area contributed by atoms with Crippen molar-refractivity contribution in [2.24, 2.45) is 0 Å². The summed E-state index contributed by atoms with van der Waals surface area (Å²) in [5.74, 6) is 0. The Morgan fingerprint density at radius 3 is 2.67 bits per heavy atom. The van der Waals surface area contributed by atoms with Crippen LogP contribution in [0.25, 0.3) is 0 Å². The Labute approximate surface area is 137 Å². The average molecular weight is 331 g/mol. The first-order chi connectivity index (χ1) is 9.82. The summed E-state index contributed by atoms with van der Waals surface area (Å²) in [6.07, 6.45) is 3.04. The highest BCUT2D eigenvalue weighted by Gasteiger charge is 2.27. The second-order valence-electron chi connectivity index (χ2n) is 6.99. The van der Waals surface area contributed by atoms with E-state index >= 15 is 0 Å². The maximum atomic E-state index is 6.14. The van der Waals surface area contributed by atoms with E-state index in [-0.39, 0.29) is 5.54 Å². The minimum Gasteiger partial charge on any atom is -0.372 e. The number of halogens is 1. The molecule has 5 heteroatoms.